The summed E-state index contributed by atoms with van der Waals surface area (Å²) < 4.78 is 1.07. The fourth-order valence-electron chi connectivity index (χ4n) is 1.54. The zero-order chi connectivity index (χ0) is 14.0. The quantitative estimate of drug-likeness (QED) is 0.687. The molecule has 19 heavy (non-hydrogen) atoms. The fourth-order valence-corrected chi connectivity index (χ4v) is 2.33. The SMILES string of the molecule is Cc1cc(Cl)c(NC(=O)c2ccc(I)cc2)cc1Cl. The minimum absolute atomic E-state index is 0.210. The molecule has 0 unspecified atom stereocenters. The minimum Gasteiger partial charge on any atom is -0.321 e. The molecule has 2 rings (SSSR count). The molecule has 0 saturated heterocycles. The van der Waals surface area contributed by atoms with Crippen molar-refractivity contribution in [1.29, 1.82) is 0 Å². The Bertz CT molecular complexity index is 626. The summed E-state index contributed by atoms with van der Waals surface area (Å²) in [5.74, 6) is -0.210. The zero-order valence-electron chi connectivity index (χ0n) is 10.0. The van der Waals surface area contributed by atoms with Crippen molar-refractivity contribution in [3.8, 4) is 0 Å². The lowest BCUT2D eigenvalue weighted by atomic mass is 10.2. The Morgan fingerprint density at radius 2 is 1.74 bits per heavy atom. The van der Waals surface area contributed by atoms with Crippen molar-refractivity contribution < 1.29 is 4.79 Å². The van der Waals surface area contributed by atoms with E-state index in [4.69, 9.17) is 23.2 Å². The van der Waals surface area contributed by atoms with Crippen molar-refractivity contribution in [3.63, 3.8) is 0 Å². The Kier molecular flexibility index (Phi) is 4.71. The molecule has 0 saturated carbocycles. The van der Waals surface area contributed by atoms with Crippen LogP contribution in [0.25, 0.3) is 0 Å². The van der Waals surface area contributed by atoms with E-state index < -0.39 is 0 Å². The molecule has 0 radical (unpaired) electrons. The lowest BCUT2D eigenvalue weighted by molar-refractivity contribution is 0.102. The Balaban J connectivity index is 2.24. The molecule has 1 N–H and O–H groups in total. The van der Waals surface area contributed by atoms with E-state index >= 15 is 0 Å². The first-order chi connectivity index (χ1) is 8.97. The van der Waals surface area contributed by atoms with E-state index in [1.807, 2.05) is 19.1 Å². The van der Waals surface area contributed by atoms with Crippen LogP contribution >= 0.6 is 45.8 Å². The van der Waals surface area contributed by atoms with Crippen molar-refractivity contribution >= 4 is 57.4 Å². The number of carbonyl (C=O) groups is 1. The molecule has 0 atom stereocenters. The van der Waals surface area contributed by atoms with Crippen molar-refractivity contribution in [2.45, 2.75) is 6.92 Å². The van der Waals surface area contributed by atoms with Gasteiger partial charge in [0.1, 0.15) is 0 Å². The van der Waals surface area contributed by atoms with Gasteiger partial charge in [-0.2, -0.15) is 0 Å². The summed E-state index contributed by atoms with van der Waals surface area (Å²) in [6.07, 6.45) is 0. The van der Waals surface area contributed by atoms with E-state index in [2.05, 4.69) is 27.9 Å². The first kappa shape index (κ1) is 14.6. The van der Waals surface area contributed by atoms with Crippen molar-refractivity contribution in [3.05, 3.63) is 61.1 Å². The largest absolute Gasteiger partial charge is 0.321 e. The highest BCUT2D eigenvalue weighted by Crippen LogP contribution is 2.29. The summed E-state index contributed by atoms with van der Waals surface area (Å²) in [7, 11) is 0. The molecule has 0 aliphatic rings. The molecule has 0 aliphatic carbocycles. The number of rotatable bonds is 2. The van der Waals surface area contributed by atoms with E-state index in [9.17, 15) is 4.79 Å². The second-order valence-corrected chi connectivity index (χ2v) is 6.10. The predicted molar refractivity (Wildman–Crippen MR) is 88.3 cm³/mol. The number of amides is 1. The minimum atomic E-state index is -0.210. The molecule has 5 heteroatoms. The van der Waals surface area contributed by atoms with Crippen LogP contribution in [0, 0.1) is 10.5 Å². The molecule has 2 nitrogen and oxygen atoms in total. The van der Waals surface area contributed by atoms with Gasteiger partial charge in [-0.25, -0.2) is 0 Å². The molecule has 0 spiro atoms. The third kappa shape index (κ3) is 3.61. The van der Waals surface area contributed by atoms with Crippen LogP contribution in [0.1, 0.15) is 15.9 Å². The number of halogens is 3. The Morgan fingerprint density at radius 3 is 2.37 bits per heavy atom. The number of hydrogen-bond donors (Lipinski definition) is 1. The van der Waals surface area contributed by atoms with Crippen LogP contribution in [-0.2, 0) is 0 Å². The van der Waals surface area contributed by atoms with Crippen molar-refractivity contribution in [1.82, 2.24) is 0 Å². The monoisotopic (exact) mass is 405 g/mol. The standard InChI is InChI=1S/C14H10Cl2INO/c1-8-6-12(16)13(7-11(8)15)18-14(19)9-2-4-10(17)5-3-9/h2-7H,1H3,(H,18,19). The van der Waals surface area contributed by atoms with Crippen LogP contribution in [-0.4, -0.2) is 5.91 Å². The number of carbonyl (C=O) groups excluding carboxylic acids is 1. The normalized spacial score (nSPS) is 10.3. The number of aryl methyl sites for hydroxylation is 1. The third-order valence-electron chi connectivity index (χ3n) is 2.60. The van der Waals surface area contributed by atoms with Gasteiger partial charge in [0.25, 0.3) is 5.91 Å². The van der Waals surface area contributed by atoms with Gasteiger partial charge in [-0.05, 0) is 71.5 Å². The Morgan fingerprint density at radius 1 is 1.11 bits per heavy atom. The number of anilines is 1. The smallest absolute Gasteiger partial charge is 0.255 e. The number of nitrogens with one attached hydrogen (secondary N) is 1. The van der Waals surface area contributed by atoms with Crippen LogP contribution in [0.4, 0.5) is 5.69 Å². The molecule has 0 aromatic heterocycles. The van der Waals surface area contributed by atoms with Crippen LogP contribution < -0.4 is 5.32 Å². The average molecular weight is 406 g/mol. The van der Waals surface area contributed by atoms with Crippen molar-refractivity contribution in [2.24, 2.45) is 0 Å². The lowest BCUT2D eigenvalue weighted by Crippen LogP contribution is -2.12. The first-order valence-electron chi connectivity index (χ1n) is 5.50. The Hall–Kier alpha value is -0.780. The van der Waals surface area contributed by atoms with Gasteiger partial charge in [-0.1, -0.05) is 23.2 Å². The number of hydrogen-bond acceptors (Lipinski definition) is 1. The van der Waals surface area contributed by atoms with Crippen LogP contribution in [0.2, 0.25) is 10.0 Å². The number of benzene rings is 2. The second kappa shape index (κ2) is 6.11. The van der Waals surface area contributed by atoms with Gasteiger partial charge in [-0.15, -0.1) is 0 Å². The maximum Gasteiger partial charge on any atom is 0.255 e. The summed E-state index contributed by atoms with van der Waals surface area (Å²) in [4.78, 5) is 12.1. The summed E-state index contributed by atoms with van der Waals surface area (Å²) in [5.41, 5.74) is 1.97. The molecule has 0 heterocycles. The summed E-state index contributed by atoms with van der Waals surface area (Å²) in [5, 5.41) is 3.80. The van der Waals surface area contributed by atoms with Crippen molar-refractivity contribution in [2.75, 3.05) is 5.32 Å². The van der Waals surface area contributed by atoms with Gasteiger partial charge in [-0.3, -0.25) is 4.79 Å². The van der Waals surface area contributed by atoms with E-state index in [-0.39, 0.29) is 5.91 Å². The summed E-state index contributed by atoms with van der Waals surface area (Å²) >= 11 is 14.3. The Labute approximate surface area is 135 Å². The average Bonchev–Trinajstić information content (AvgIpc) is 2.36. The first-order valence-corrected chi connectivity index (χ1v) is 7.33. The van der Waals surface area contributed by atoms with E-state index in [0.29, 0.717) is 21.3 Å². The van der Waals surface area contributed by atoms with Gasteiger partial charge in [0.15, 0.2) is 0 Å². The highest BCUT2D eigenvalue weighted by atomic mass is 127. The van der Waals surface area contributed by atoms with Crippen LogP contribution in [0.5, 0.6) is 0 Å². The molecule has 2 aromatic rings. The van der Waals surface area contributed by atoms with Gasteiger partial charge in [0.2, 0.25) is 0 Å². The van der Waals surface area contributed by atoms with E-state index in [1.54, 1.807) is 24.3 Å². The summed E-state index contributed by atoms with van der Waals surface area (Å²) in [6, 6.07) is 10.7. The zero-order valence-corrected chi connectivity index (χ0v) is 13.7. The van der Waals surface area contributed by atoms with Crippen LogP contribution in [0.15, 0.2) is 36.4 Å². The van der Waals surface area contributed by atoms with Crippen LogP contribution in [0.3, 0.4) is 0 Å². The van der Waals surface area contributed by atoms with E-state index in [1.165, 1.54) is 0 Å². The van der Waals surface area contributed by atoms with E-state index in [0.717, 1.165) is 9.13 Å². The molecule has 0 bridgehead atoms. The highest BCUT2D eigenvalue weighted by molar-refractivity contribution is 14.1. The third-order valence-corrected chi connectivity index (χ3v) is 4.04. The molecular formula is C14H10Cl2INO. The van der Waals surface area contributed by atoms with Gasteiger partial charge in [0, 0.05) is 14.2 Å². The molecular weight excluding hydrogens is 396 g/mol. The molecule has 1 amide bonds. The second-order valence-electron chi connectivity index (χ2n) is 4.04. The van der Waals surface area contributed by atoms with Gasteiger partial charge < -0.3 is 5.32 Å². The highest BCUT2D eigenvalue weighted by Gasteiger charge is 2.10. The van der Waals surface area contributed by atoms with Gasteiger partial charge >= 0.3 is 0 Å². The molecule has 0 fully saturated rings. The lowest BCUT2D eigenvalue weighted by Gasteiger charge is -2.09. The molecule has 2 aromatic carbocycles. The maximum atomic E-state index is 12.1. The summed E-state index contributed by atoms with van der Waals surface area (Å²) in [6.45, 7) is 1.86. The molecule has 0 aliphatic heterocycles. The molecule has 98 valence electrons. The maximum absolute atomic E-state index is 12.1. The topological polar surface area (TPSA) is 29.1 Å². The predicted octanol–water partition coefficient (Wildman–Crippen LogP) is 5.16. The van der Waals surface area contributed by atoms with Gasteiger partial charge in [0.05, 0.1) is 10.7 Å². The fraction of sp³-hybridized carbons (Fsp3) is 0.0714.